The number of nitrogens with one attached hydrogen (secondary N) is 3. The van der Waals surface area contributed by atoms with E-state index in [1.54, 1.807) is 6.20 Å². The lowest BCUT2D eigenvalue weighted by atomic mass is 10.1. The van der Waals surface area contributed by atoms with Crippen molar-refractivity contribution in [3.8, 4) is 5.88 Å². The maximum Gasteiger partial charge on any atom is 0.315 e. The van der Waals surface area contributed by atoms with Crippen molar-refractivity contribution in [3.63, 3.8) is 0 Å². The lowest BCUT2D eigenvalue weighted by Gasteiger charge is -2.31. The summed E-state index contributed by atoms with van der Waals surface area (Å²) in [5.41, 5.74) is 1.64. The van der Waals surface area contributed by atoms with Gasteiger partial charge in [0.2, 0.25) is 11.8 Å². The Balaban J connectivity index is 1.37. The number of rotatable bonds is 8. The number of likely N-dealkylation sites (tertiary alicyclic amines) is 1. The third-order valence-corrected chi connectivity index (χ3v) is 4.98. The monoisotopic (exact) mass is 425 g/mol. The van der Waals surface area contributed by atoms with Crippen LogP contribution in [0.5, 0.6) is 5.88 Å². The molecule has 3 N–H and O–H groups in total. The first-order valence-corrected chi connectivity index (χ1v) is 10.7. The summed E-state index contributed by atoms with van der Waals surface area (Å²) in [4.78, 5) is 30.9. The number of carbonyl (C=O) groups is 2. The summed E-state index contributed by atoms with van der Waals surface area (Å²) in [6.45, 7) is 6.12. The zero-order chi connectivity index (χ0) is 22.1. The number of para-hydroxylation sites is 1. The van der Waals surface area contributed by atoms with Crippen LogP contribution in [0, 0.1) is 0 Å². The average molecular weight is 426 g/mol. The smallest absolute Gasteiger partial charge is 0.315 e. The predicted molar refractivity (Wildman–Crippen MR) is 120 cm³/mol. The number of piperidine rings is 1. The van der Waals surface area contributed by atoms with Crippen LogP contribution < -0.4 is 20.7 Å². The Kier molecular flexibility index (Phi) is 8.23. The molecule has 1 aromatic heterocycles. The second kappa shape index (κ2) is 11.3. The fourth-order valence-corrected chi connectivity index (χ4v) is 3.46. The number of ether oxygens (including phenoxy) is 1. The molecule has 3 rings (SSSR count). The van der Waals surface area contributed by atoms with Crippen LogP contribution in [0.25, 0.3) is 0 Å². The average Bonchev–Trinajstić information content (AvgIpc) is 2.75. The second-order valence-corrected chi connectivity index (χ2v) is 7.93. The molecule has 1 fully saturated rings. The Bertz CT molecular complexity index is 851. The summed E-state index contributed by atoms with van der Waals surface area (Å²) < 4.78 is 5.69. The molecule has 8 heteroatoms. The number of amides is 3. The molecule has 0 unspecified atom stereocenters. The molecule has 0 atom stereocenters. The quantitative estimate of drug-likeness (QED) is 0.605. The third kappa shape index (κ3) is 7.57. The van der Waals surface area contributed by atoms with Crippen LogP contribution in [0.3, 0.4) is 0 Å². The number of benzene rings is 1. The highest BCUT2D eigenvalue weighted by molar-refractivity contribution is 5.92. The van der Waals surface area contributed by atoms with Gasteiger partial charge in [-0.3, -0.25) is 9.69 Å². The number of carbonyl (C=O) groups excluding carboxylic acids is 2. The van der Waals surface area contributed by atoms with Crippen LogP contribution in [-0.2, 0) is 11.3 Å². The maximum absolute atomic E-state index is 12.3. The Labute approximate surface area is 183 Å². The third-order valence-electron chi connectivity index (χ3n) is 4.98. The summed E-state index contributed by atoms with van der Waals surface area (Å²) in [7, 11) is 0. The van der Waals surface area contributed by atoms with Crippen molar-refractivity contribution < 1.29 is 14.3 Å². The van der Waals surface area contributed by atoms with Gasteiger partial charge in [-0.05, 0) is 44.9 Å². The molecule has 166 valence electrons. The Morgan fingerprint density at radius 1 is 1.13 bits per heavy atom. The van der Waals surface area contributed by atoms with Gasteiger partial charge < -0.3 is 20.7 Å². The molecular formula is C23H31N5O3. The van der Waals surface area contributed by atoms with Gasteiger partial charge in [0.25, 0.3) is 0 Å². The lowest BCUT2D eigenvalue weighted by Crippen LogP contribution is -2.49. The minimum atomic E-state index is -0.209. The van der Waals surface area contributed by atoms with Crippen molar-refractivity contribution in [2.24, 2.45) is 0 Å². The Hall–Kier alpha value is -3.13. The molecule has 2 heterocycles. The molecule has 0 spiro atoms. The molecule has 0 bridgehead atoms. The number of aromatic nitrogens is 1. The lowest BCUT2D eigenvalue weighted by molar-refractivity contribution is -0.117. The van der Waals surface area contributed by atoms with Crippen LogP contribution >= 0.6 is 0 Å². The number of nitrogens with zero attached hydrogens (tertiary/aromatic N) is 2. The SMILES string of the molecule is CC(C)Oc1ncccc1CNC(=O)NC1CCN(CC(=O)Nc2ccccc2)CC1. The van der Waals surface area contributed by atoms with Gasteiger partial charge in [0, 0.05) is 43.1 Å². The van der Waals surface area contributed by atoms with Gasteiger partial charge in [0.15, 0.2) is 0 Å². The summed E-state index contributed by atoms with van der Waals surface area (Å²) in [6.07, 6.45) is 3.30. The van der Waals surface area contributed by atoms with Gasteiger partial charge in [-0.1, -0.05) is 24.3 Å². The van der Waals surface area contributed by atoms with E-state index in [-0.39, 0.29) is 24.1 Å². The van der Waals surface area contributed by atoms with E-state index in [0.29, 0.717) is 19.0 Å². The Morgan fingerprint density at radius 2 is 1.87 bits per heavy atom. The van der Waals surface area contributed by atoms with Crippen LogP contribution in [0.4, 0.5) is 10.5 Å². The summed E-state index contributed by atoms with van der Waals surface area (Å²) in [5.74, 6) is 0.520. The highest BCUT2D eigenvalue weighted by atomic mass is 16.5. The minimum Gasteiger partial charge on any atom is -0.475 e. The first kappa shape index (κ1) is 22.6. The molecule has 2 aromatic rings. The fraction of sp³-hybridized carbons (Fsp3) is 0.435. The number of urea groups is 1. The molecule has 3 amide bonds. The fourth-order valence-electron chi connectivity index (χ4n) is 3.46. The molecule has 8 nitrogen and oxygen atoms in total. The van der Waals surface area contributed by atoms with E-state index in [4.69, 9.17) is 4.74 Å². The van der Waals surface area contributed by atoms with Crippen molar-refractivity contribution in [3.05, 3.63) is 54.2 Å². The molecule has 31 heavy (non-hydrogen) atoms. The summed E-state index contributed by atoms with van der Waals surface area (Å²) in [5, 5.41) is 8.81. The van der Waals surface area contributed by atoms with Gasteiger partial charge >= 0.3 is 6.03 Å². The maximum atomic E-state index is 12.3. The molecule has 0 saturated carbocycles. The first-order valence-electron chi connectivity index (χ1n) is 10.7. The first-order chi connectivity index (χ1) is 15.0. The van der Waals surface area contributed by atoms with Crippen molar-refractivity contribution in [1.82, 2.24) is 20.5 Å². The number of hydrogen-bond acceptors (Lipinski definition) is 5. The molecule has 1 aliphatic rings. The topological polar surface area (TPSA) is 95.6 Å². The van der Waals surface area contributed by atoms with Gasteiger partial charge in [-0.25, -0.2) is 9.78 Å². The van der Waals surface area contributed by atoms with Crippen LogP contribution in [-0.4, -0.2) is 53.6 Å². The molecule has 1 aromatic carbocycles. The minimum absolute atomic E-state index is 0.0161. The van der Waals surface area contributed by atoms with Crippen LogP contribution in [0.2, 0.25) is 0 Å². The van der Waals surface area contributed by atoms with E-state index in [1.807, 2.05) is 56.3 Å². The number of pyridine rings is 1. The zero-order valence-electron chi connectivity index (χ0n) is 18.1. The Morgan fingerprint density at radius 3 is 2.58 bits per heavy atom. The van der Waals surface area contributed by atoms with E-state index < -0.39 is 0 Å². The van der Waals surface area contributed by atoms with Crippen molar-refractivity contribution in [2.45, 2.75) is 45.4 Å². The standard InChI is InChI=1S/C23H31N5O3/c1-17(2)31-22-18(7-6-12-24-22)15-25-23(30)27-20-10-13-28(14-11-20)16-21(29)26-19-8-4-3-5-9-19/h3-9,12,17,20H,10-11,13-16H2,1-2H3,(H,26,29)(H2,25,27,30). The van der Waals surface area contributed by atoms with E-state index in [1.165, 1.54) is 0 Å². The van der Waals surface area contributed by atoms with Gasteiger partial charge in [-0.2, -0.15) is 0 Å². The molecule has 1 aliphatic heterocycles. The van der Waals surface area contributed by atoms with Gasteiger partial charge in [0.1, 0.15) is 0 Å². The van der Waals surface area contributed by atoms with Crippen molar-refractivity contribution in [1.29, 1.82) is 0 Å². The predicted octanol–water partition coefficient (Wildman–Crippen LogP) is 2.77. The van der Waals surface area contributed by atoms with E-state index in [9.17, 15) is 9.59 Å². The second-order valence-electron chi connectivity index (χ2n) is 7.93. The molecule has 1 saturated heterocycles. The molecule has 0 radical (unpaired) electrons. The summed E-state index contributed by atoms with van der Waals surface area (Å²) in [6, 6.07) is 13.0. The van der Waals surface area contributed by atoms with E-state index >= 15 is 0 Å². The normalized spacial score (nSPS) is 14.8. The molecule has 0 aliphatic carbocycles. The van der Waals surface area contributed by atoms with Gasteiger partial charge in [-0.15, -0.1) is 0 Å². The van der Waals surface area contributed by atoms with E-state index in [0.717, 1.165) is 37.2 Å². The van der Waals surface area contributed by atoms with Gasteiger partial charge in [0.05, 0.1) is 12.6 Å². The number of hydrogen-bond donors (Lipinski definition) is 3. The highest BCUT2D eigenvalue weighted by Crippen LogP contribution is 2.16. The highest BCUT2D eigenvalue weighted by Gasteiger charge is 2.22. The largest absolute Gasteiger partial charge is 0.475 e. The van der Waals surface area contributed by atoms with Crippen molar-refractivity contribution >= 4 is 17.6 Å². The summed E-state index contributed by atoms with van der Waals surface area (Å²) >= 11 is 0. The zero-order valence-corrected chi connectivity index (χ0v) is 18.1. The number of anilines is 1. The van der Waals surface area contributed by atoms with E-state index in [2.05, 4.69) is 25.8 Å². The van der Waals surface area contributed by atoms with Crippen LogP contribution in [0.1, 0.15) is 32.3 Å². The molecular weight excluding hydrogens is 394 g/mol. The van der Waals surface area contributed by atoms with Crippen molar-refractivity contribution in [2.75, 3.05) is 25.0 Å². The van der Waals surface area contributed by atoms with Crippen LogP contribution in [0.15, 0.2) is 48.7 Å².